The van der Waals surface area contributed by atoms with Crippen molar-refractivity contribution in [3.05, 3.63) is 76.5 Å². The van der Waals surface area contributed by atoms with Gasteiger partial charge < -0.3 is 14.6 Å². The standard InChI is InChI=1S/C32H37NO2/c1-30-14-13-26-20-25-9-10-27(33(34)17-4-18-33)21-31(25)15-16-32(26,35-31)29(30)12-11-28(30)24-8-7-22-5-2-3-6-23(22)19-24/h2-3,5-8,13,19-20,27-29H,4,9-12,14-18,21H2,1H3/t27-,28-,29-,30-,31-,32?/m1/s1. The summed E-state index contributed by atoms with van der Waals surface area (Å²) >= 11 is 0. The molecule has 0 N–H and O–H groups in total. The van der Waals surface area contributed by atoms with Crippen molar-refractivity contribution in [3.63, 3.8) is 0 Å². The van der Waals surface area contributed by atoms with Crippen LogP contribution in [0, 0.1) is 16.5 Å². The quantitative estimate of drug-likeness (QED) is 0.346. The number of fused-ring (bicyclic) bond motifs is 2. The first-order chi connectivity index (χ1) is 16.9. The third-order valence-electron chi connectivity index (χ3n) is 11.6. The average molecular weight is 468 g/mol. The summed E-state index contributed by atoms with van der Waals surface area (Å²) < 4.78 is 7.48. The molecule has 3 aliphatic carbocycles. The number of likely N-dealkylation sites (tertiary alicyclic amines) is 1. The van der Waals surface area contributed by atoms with Crippen LogP contribution in [0.5, 0.6) is 0 Å². The zero-order chi connectivity index (χ0) is 23.5. The lowest BCUT2D eigenvalue weighted by Crippen LogP contribution is -2.63. The van der Waals surface area contributed by atoms with Crippen LogP contribution in [0.25, 0.3) is 10.8 Å². The van der Waals surface area contributed by atoms with Crippen LogP contribution in [-0.4, -0.2) is 35.0 Å². The van der Waals surface area contributed by atoms with E-state index in [1.807, 2.05) is 0 Å². The molecule has 3 heteroatoms. The maximum absolute atomic E-state index is 13.3. The van der Waals surface area contributed by atoms with Crippen LogP contribution in [-0.2, 0) is 4.74 Å². The van der Waals surface area contributed by atoms with Crippen molar-refractivity contribution in [2.24, 2.45) is 11.3 Å². The van der Waals surface area contributed by atoms with Gasteiger partial charge in [0.25, 0.3) is 0 Å². The Morgan fingerprint density at radius 3 is 2.69 bits per heavy atom. The number of benzene rings is 2. The highest BCUT2D eigenvalue weighted by Crippen LogP contribution is 2.69. The Hall–Kier alpha value is -1.94. The SMILES string of the molecule is C[C@]12CC=C3C=C4CC[C@@H]([N+]5([O-])CCC5)C[C@]45CCC3(O5)[C@@H]1CC[C@@H]2c1ccc2ccccc2c1. The lowest BCUT2D eigenvalue weighted by atomic mass is 9.58. The fourth-order valence-corrected chi connectivity index (χ4v) is 9.59. The number of rotatable bonds is 2. The smallest absolute Gasteiger partial charge is 0.0975 e. The summed E-state index contributed by atoms with van der Waals surface area (Å²) in [5.41, 5.74) is 4.43. The van der Waals surface area contributed by atoms with E-state index in [1.165, 1.54) is 40.3 Å². The van der Waals surface area contributed by atoms with Crippen LogP contribution < -0.4 is 0 Å². The number of hydrogen-bond donors (Lipinski definition) is 0. The van der Waals surface area contributed by atoms with Crippen molar-refractivity contribution < 1.29 is 9.38 Å². The summed E-state index contributed by atoms with van der Waals surface area (Å²) in [6.07, 6.45) is 15.2. The first-order valence-corrected chi connectivity index (χ1v) is 14.1. The first-order valence-electron chi connectivity index (χ1n) is 14.1. The molecule has 0 amide bonds. The van der Waals surface area contributed by atoms with Crippen LogP contribution in [0.4, 0.5) is 0 Å². The fourth-order valence-electron chi connectivity index (χ4n) is 9.59. The highest BCUT2D eigenvalue weighted by Gasteiger charge is 2.67. The third kappa shape index (κ3) is 2.68. The molecule has 6 aliphatic rings. The van der Waals surface area contributed by atoms with Gasteiger partial charge in [-0.15, -0.1) is 0 Å². The number of allylic oxidation sites excluding steroid dienone is 1. The van der Waals surface area contributed by atoms with Crippen molar-refractivity contribution in [1.82, 2.24) is 0 Å². The van der Waals surface area contributed by atoms with E-state index in [4.69, 9.17) is 4.74 Å². The predicted octanol–water partition coefficient (Wildman–Crippen LogP) is 7.17. The maximum atomic E-state index is 13.3. The van der Waals surface area contributed by atoms with Gasteiger partial charge >= 0.3 is 0 Å². The zero-order valence-corrected chi connectivity index (χ0v) is 21.0. The van der Waals surface area contributed by atoms with E-state index in [-0.39, 0.29) is 27.3 Å². The van der Waals surface area contributed by atoms with Crippen LogP contribution in [0.15, 0.2) is 65.8 Å². The second-order valence-corrected chi connectivity index (χ2v) is 13.0. The summed E-state index contributed by atoms with van der Waals surface area (Å²) in [6, 6.07) is 16.2. The van der Waals surface area contributed by atoms with E-state index in [1.54, 1.807) is 0 Å². The summed E-state index contributed by atoms with van der Waals surface area (Å²) in [5, 5.41) is 16.0. The molecule has 3 heterocycles. The molecule has 2 bridgehead atoms. The number of ether oxygens (including phenoxy) is 1. The average Bonchev–Trinajstić information content (AvgIpc) is 3.37. The summed E-state index contributed by atoms with van der Waals surface area (Å²) in [4.78, 5) is 0. The van der Waals surface area contributed by atoms with E-state index in [0.717, 1.165) is 58.0 Å². The Morgan fingerprint density at radius 2 is 1.86 bits per heavy atom. The molecule has 1 unspecified atom stereocenters. The molecule has 2 saturated heterocycles. The summed E-state index contributed by atoms with van der Waals surface area (Å²) in [5.74, 6) is 1.13. The summed E-state index contributed by atoms with van der Waals surface area (Å²) in [7, 11) is 0. The molecular formula is C32H37NO2. The molecule has 2 aromatic rings. The van der Waals surface area contributed by atoms with Gasteiger partial charge in [-0.3, -0.25) is 0 Å². The van der Waals surface area contributed by atoms with Gasteiger partial charge in [-0.1, -0.05) is 61.5 Å². The molecule has 182 valence electrons. The maximum Gasteiger partial charge on any atom is 0.0975 e. The predicted molar refractivity (Wildman–Crippen MR) is 140 cm³/mol. The molecule has 4 fully saturated rings. The van der Waals surface area contributed by atoms with Gasteiger partial charge in [0.1, 0.15) is 0 Å². The van der Waals surface area contributed by atoms with Gasteiger partial charge in [0.15, 0.2) is 0 Å². The van der Waals surface area contributed by atoms with Gasteiger partial charge in [-0.25, -0.2) is 0 Å². The number of nitrogens with zero attached hydrogens (tertiary/aromatic N) is 1. The first kappa shape index (κ1) is 21.2. The topological polar surface area (TPSA) is 32.3 Å². The van der Waals surface area contributed by atoms with Crippen molar-refractivity contribution >= 4 is 10.8 Å². The van der Waals surface area contributed by atoms with Gasteiger partial charge in [0, 0.05) is 19.3 Å². The molecule has 8 rings (SSSR count). The van der Waals surface area contributed by atoms with Gasteiger partial charge in [0.2, 0.25) is 0 Å². The highest BCUT2D eigenvalue weighted by atomic mass is 16.6. The van der Waals surface area contributed by atoms with E-state index in [9.17, 15) is 5.21 Å². The lowest BCUT2D eigenvalue weighted by Gasteiger charge is -2.60. The highest BCUT2D eigenvalue weighted by molar-refractivity contribution is 5.83. The van der Waals surface area contributed by atoms with E-state index in [0.29, 0.717) is 11.8 Å². The molecule has 6 atom stereocenters. The van der Waals surface area contributed by atoms with Crippen LogP contribution in [0.1, 0.15) is 76.2 Å². The Balaban J connectivity index is 1.16. The minimum absolute atomic E-state index is 0.0548. The number of quaternary nitrogens is 1. The summed E-state index contributed by atoms with van der Waals surface area (Å²) in [6.45, 7) is 4.20. The van der Waals surface area contributed by atoms with Crippen molar-refractivity contribution in [2.75, 3.05) is 13.1 Å². The van der Waals surface area contributed by atoms with Crippen LogP contribution in [0.2, 0.25) is 0 Å². The fraction of sp³-hybridized carbons (Fsp3) is 0.562. The largest absolute Gasteiger partial charge is 0.633 e. The molecule has 0 aromatic heterocycles. The molecule has 2 aromatic carbocycles. The van der Waals surface area contributed by atoms with Crippen molar-refractivity contribution in [1.29, 1.82) is 0 Å². The van der Waals surface area contributed by atoms with Crippen LogP contribution in [0.3, 0.4) is 0 Å². The Labute approximate surface area is 209 Å². The second kappa shape index (κ2) is 6.88. The van der Waals surface area contributed by atoms with Crippen molar-refractivity contribution in [2.45, 2.75) is 87.9 Å². The van der Waals surface area contributed by atoms with Crippen LogP contribution >= 0.6 is 0 Å². The minimum atomic E-state index is -0.162. The molecule has 35 heavy (non-hydrogen) atoms. The van der Waals surface area contributed by atoms with Gasteiger partial charge in [-0.2, -0.15) is 0 Å². The normalized spacial score (nSPS) is 43.0. The Bertz CT molecular complexity index is 1290. The van der Waals surface area contributed by atoms with Gasteiger partial charge in [0.05, 0.1) is 30.3 Å². The second-order valence-electron chi connectivity index (χ2n) is 13.0. The van der Waals surface area contributed by atoms with E-state index in [2.05, 4.69) is 61.5 Å². The lowest BCUT2D eigenvalue weighted by molar-refractivity contribution is -0.943. The van der Waals surface area contributed by atoms with Crippen molar-refractivity contribution in [3.8, 4) is 0 Å². The Morgan fingerprint density at radius 1 is 1.00 bits per heavy atom. The molecule has 0 radical (unpaired) electrons. The zero-order valence-electron chi connectivity index (χ0n) is 21.0. The molecule has 3 nitrogen and oxygen atoms in total. The van der Waals surface area contributed by atoms with E-state index >= 15 is 0 Å². The van der Waals surface area contributed by atoms with Gasteiger partial charge in [-0.05, 0) is 83.3 Å². The molecule has 2 spiro atoms. The molecular weight excluding hydrogens is 430 g/mol. The minimum Gasteiger partial charge on any atom is -0.633 e. The van der Waals surface area contributed by atoms with E-state index < -0.39 is 0 Å². The number of hydrogen-bond acceptors (Lipinski definition) is 2. The monoisotopic (exact) mass is 467 g/mol. The Kier molecular flexibility index (Phi) is 4.16. The number of hydroxylamine groups is 3. The molecule has 3 aliphatic heterocycles. The molecule has 2 saturated carbocycles. The third-order valence-corrected chi connectivity index (χ3v) is 11.6.